The third-order valence-electron chi connectivity index (χ3n) is 4.14. The monoisotopic (exact) mass is 307 g/mol. The van der Waals surface area contributed by atoms with Gasteiger partial charge in [-0.2, -0.15) is 5.10 Å². The average molecular weight is 307 g/mol. The second-order valence-electron chi connectivity index (χ2n) is 5.52. The van der Waals surface area contributed by atoms with E-state index in [2.05, 4.69) is 17.0 Å². The third-order valence-corrected chi connectivity index (χ3v) is 4.46. The first-order valence-corrected chi connectivity index (χ1v) is 7.96. The van der Waals surface area contributed by atoms with Gasteiger partial charge in [-0.1, -0.05) is 0 Å². The summed E-state index contributed by atoms with van der Waals surface area (Å²) < 4.78 is 4.61. The molecule has 0 unspecified atom stereocenters. The molecule has 114 valence electrons. The van der Waals surface area contributed by atoms with Crippen molar-refractivity contribution in [2.45, 2.75) is 46.2 Å². The number of H-pyrrole nitrogens is 1. The number of carbonyl (C=O) groups is 1. The van der Waals surface area contributed by atoms with E-state index in [9.17, 15) is 4.79 Å². The summed E-state index contributed by atoms with van der Waals surface area (Å²) in [5.41, 5.74) is 2.92. The topological polar surface area (TPSA) is 58.9 Å². The molecule has 0 aliphatic carbocycles. The minimum Gasteiger partial charge on any atom is -0.343 e. The van der Waals surface area contributed by atoms with Crippen LogP contribution in [0, 0.1) is 11.7 Å². The zero-order valence-electron chi connectivity index (χ0n) is 12.6. The van der Waals surface area contributed by atoms with Crippen LogP contribution in [-0.4, -0.2) is 43.2 Å². The Bertz CT molecular complexity index is 720. The van der Waals surface area contributed by atoms with Crippen LogP contribution < -0.4 is 0 Å². The molecule has 7 heteroatoms. The molecule has 3 heterocycles. The van der Waals surface area contributed by atoms with Crippen LogP contribution in [0.2, 0.25) is 0 Å². The predicted molar refractivity (Wildman–Crippen MR) is 83.7 cm³/mol. The highest BCUT2D eigenvalue weighted by molar-refractivity contribution is 7.71. The van der Waals surface area contributed by atoms with E-state index in [0.717, 1.165) is 49.3 Å². The lowest BCUT2D eigenvalue weighted by Gasteiger charge is -2.15. The Morgan fingerprint density at radius 1 is 1.38 bits per heavy atom. The fourth-order valence-corrected chi connectivity index (χ4v) is 3.30. The molecule has 0 saturated carbocycles. The molecule has 0 aromatic carbocycles. The van der Waals surface area contributed by atoms with Gasteiger partial charge in [0.15, 0.2) is 10.4 Å². The van der Waals surface area contributed by atoms with Crippen molar-refractivity contribution in [2.75, 3.05) is 13.1 Å². The number of aromatic amines is 1. The number of rotatable bonds is 4. The Hall–Kier alpha value is -1.63. The Morgan fingerprint density at radius 2 is 2.10 bits per heavy atom. The van der Waals surface area contributed by atoms with Gasteiger partial charge in [-0.05, 0) is 38.9 Å². The normalized spacial score (nSPS) is 15.2. The Morgan fingerprint density at radius 3 is 2.76 bits per heavy atom. The van der Waals surface area contributed by atoms with Crippen LogP contribution >= 0.6 is 12.2 Å². The number of imidazole rings is 1. The maximum atomic E-state index is 12.2. The van der Waals surface area contributed by atoms with Crippen molar-refractivity contribution in [1.29, 1.82) is 0 Å². The minimum atomic E-state index is 0.225. The highest BCUT2D eigenvalue weighted by Gasteiger charge is 2.19. The summed E-state index contributed by atoms with van der Waals surface area (Å²) in [6.07, 6.45) is 2.75. The second-order valence-corrected chi connectivity index (χ2v) is 5.91. The summed E-state index contributed by atoms with van der Waals surface area (Å²) in [7, 11) is 0. The van der Waals surface area contributed by atoms with E-state index >= 15 is 0 Å². The molecule has 1 aliphatic rings. The smallest absolute Gasteiger partial charge is 0.224 e. The van der Waals surface area contributed by atoms with Crippen molar-refractivity contribution in [3.8, 4) is 0 Å². The van der Waals surface area contributed by atoms with Gasteiger partial charge in [-0.25, -0.2) is 4.68 Å². The number of nitrogens with one attached hydrogen (secondary N) is 1. The van der Waals surface area contributed by atoms with Crippen LogP contribution in [0.5, 0.6) is 0 Å². The quantitative estimate of drug-likeness (QED) is 0.881. The van der Waals surface area contributed by atoms with Gasteiger partial charge in [0.05, 0.1) is 5.69 Å². The Balaban J connectivity index is 1.84. The zero-order chi connectivity index (χ0) is 15.0. The number of carbonyl (C=O) groups excluding carboxylic acids is 1. The second kappa shape index (κ2) is 5.63. The van der Waals surface area contributed by atoms with E-state index in [1.807, 2.05) is 21.1 Å². The van der Waals surface area contributed by atoms with Gasteiger partial charge in [0.1, 0.15) is 5.52 Å². The number of likely N-dealkylation sites (tertiary alicyclic amines) is 1. The van der Waals surface area contributed by atoms with Gasteiger partial charge >= 0.3 is 0 Å². The molecule has 2 aromatic heterocycles. The first kappa shape index (κ1) is 14.3. The molecule has 0 spiro atoms. The van der Waals surface area contributed by atoms with Gasteiger partial charge in [-0.15, -0.1) is 0 Å². The Kier molecular flexibility index (Phi) is 3.84. The number of nitrogens with zero attached hydrogens (tertiary/aromatic N) is 4. The maximum Gasteiger partial charge on any atom is 0.224 e. The van der Waals surface area contributed by atoms with E-state index < -0.39 is 0 Å². The van der Waals surface area contributed by atoms with Crippen LogP contribution in [0.4, 0.5) is 0 Å². The lowest BCUT2D eigenvalue weighted by molar-refractivity contribution is -0.130. The fourth-order valence-electron chi connectivity index (χ4n) is 3.02. The molecule has 2 aromatic rings. The van der Waals surface area contributed by atoms with Crippen LogP contribution in [0.3, 0.4) is 0 Å². The molecular formula is C14H21N5OS. The molecule has 1 N–H and O–H groups in total. The van der Waals surface area contributed by atoms with E-state index in [1.165, 1.54) is 0 Å². The van der Waals surface area contributed by atoms with Gasteiger partial charge in [0.25, 0.3) is 0 Å². The fraction of sp³-hybridized carbons (Fsp3) is 0.643. The SMILES string of the molecule is CCn1nc(C)c2[nH]c(=S)n(CCC(=O)N3CCCC3)c21. The largest absolute Gasteiger partial charge is 0.343 e. The maximum absolute atomic E-state index is 12.2. The van der Waals surface area contributed by atoms with Crippen molar-refractivity contribution in [3.05, 3.63) is 10.5 Å². The molecule has 1 saturated heterocycles. The summed E-state index contributed by atoms with van der Waals surface area (Å²) >= 11 is 5.40. The number of aromatic nitrogens is 4. The van der Waals surface area contributed by atoms with E-state index in [-0.39, 0.29) is 5.91 Å². The molecule has 3 rings (SSSR count). The van der Waals surface area contributed by atoms with Crippen molar-refractivity contribution in [3.63, 3.8) is 0 Å². The summed E-state index contributed by atoms with van der Waals surface area (Å²) in [4.78, 5) is 17.4. The molecule has 0 atom stereocenters. The summed E-state index contributed by atoms with van der Waals surface area (Å²) in [5, 5.41) is 4.50. The van der Waals surface area contributed by atoms with Crippen molar-refractivity contribution >= 4 is 29.3 Å². The van der Waals surface area contributed by atoms with Gasteiger partial charge in [-0.3, -0.25) is 4.79 Å². The minimum absolute atomic E-state index is 0.225. The molecule has 21 heavy (non-hydrogen) atoms. The average Bonchev–Trinajstić information content (AvgIpc) is 3.15. The highest BCUT2D eigenvalue weighted by Crippen LogP contribution is 2.19. The van der Waals surface area contributed by atoms with Crippen LogP contribution in [0.15, 0.2) is 0 Å². The zero-order valence-corrected chi connectivity index (χ0v) is 13.4. The lowest BCUT2D eigenvalue weighted by Crippen LogP contribution is -2.28. The molecule has 1 aliphatic heterocycles. The van der Waals surface area contributed by atoms with E-state index in [1.54, 1.807) is 0 Å². The number of hydrogen-bond acceptors (Lipinski definition) is 3. The Labute approximate surface area is 128 Å². The number of fused-ring (bicyclic) bond motifs is 1. The molecular weight excluding hydrogens is 286 g/mol. The van der Waals surface area contributed by atoms with Crippen molar-refractivity contribution in [2.24, 2.45) is 0 Å². The van der Waals surface area contributed by atoms with Gasteiger partial charge in [0, 0.05) is 32.6 Å². The predicted octanol–water partition coefficient (Wildman–Crippen LogP) is 2.24. The molecule has 1 fully saturated rings. The van der Waals surface area contributed by atoms with Crippen LogP contribution in [0.25, 0.3) is 11.2 Å². The standard InChI is InChI=1S/C14H21N5OS/c1-3-19-13-12(10(2)16-19)15-14(21)18(13)9-6-11(20)17-7-4-5-8-17/h3-9H2,1-2H3,(H,15,21). The first-order valence-electron chi connectivity index (χ1n) is 7.55. The van der Waals surface area contributed by atoms with Crippen LogP contribution in [-0.2, 0) is 17.9 Å². The number of aryl methyl sites for hydroxylation is 3. The highest BCUT2D eigenvalue weighted by atomic mass is 32.1. The molecule has 0 radical (unpaired) electrons. The van der Waals surface area contributed by atoms with E-state index in [0.29, 0.717) is 17.7 Å². The van der Waals surface area contributed by atoms with E-state index in [4.69, 9.17) is 12.2 Å². The molecule has 0 bridgehead atoms. The van der Waals surface area contributed by atoms with Crippen molar-refractivity contribution in [1.82, 2.24) is 24.2 Å². The molecule has 1 amide bonds. The number of hydrogen-bond donors (Lipinski definition) is 1. The number of amides is 1. The third kappa shape index (κ3) is 2.50. The first-order chi connectivity index (χ1) is 10.1. The summed E-state index contributed by atoms with van der Waals surface area (Å²) in [6.45, 7) is 7.23. The van der Waals surface area contributed by atoms with Gasteiger partial charge < -0.3 is 14.5 Å². The van der Waals surface area contributed by atoms with Crippen molar-refractivity contribution < 1.29 is 4.79 Å². The molecule has 6 nitrogen and oxygen atoms in total. The van der Waals surface area contributed by atoms with Gasteiger partial charge in [0.2, 0.25) is 5.91 Å². The van der Waals surface area contributed by atoms with Crippen LogP contribution in [0.1, 0.15) is 31.9 Å². The summed E-state index contributed by atoms with van der Waals surface area (Å²) in [6, 6.07) is 0. The summed E-state index contributed by atoms with van der Waals surface area (Å²) in [5.74, 6) is 0.225. The lowest BCUT2D eigenvalue weighted by atomic mass is 10.3.